The molecular formula is C22H21F3N4O. The van der Waals surface area contributed by atoms with Crippen LogP contribution in [0.15, 0.2) is 61.1 Å². The van der Waals surface area contributed by atoms with Crippen LogP contribution >= 0.6 is 0 Å². The van der Waals surface area contributed by atoms with Crippen molar-refractivity contribution in [2.45, 2.75) is 18.9 Å². The number of aromatic amines is 1. The first-order valence-electron chi connectivity index (χ1n) is 9.45. The Balaban J connectivity index is 1.56. The SMILES string of the molecule is C=C1C(Nc2cc(F)cc(OC)c2)CCN1c1ccc(-c2cn[nH]c2)c(C(F)F)c1. The van der Waals surface area contributed by atoms with Gasteiger partial charge in [-0.15, -0.1) is 0 Å². The number of H-pyrrole nitrogens is 1. The molecule has 0 saturated carbocycles. The minimum absolute atomic E-state index is 0.0621. The highest BCUT2D eigenvalue weighted by Gasteiger charge is 2.28. The van der Waals surface area contributed by atoms with Gasteiger partial charge in [0, 0.05) is 53.1 Å². The predicted molar refractivity (Wildman–Crippen MR) is 110 cm³/mol. The molecule has 1 saturated heterocycles. The van der Waals surface area contributed by atoms with Crippen LogP contribution < -0.4 is 15.0 Å². The zero-order valence-corrected chi connectivity index (χ0v) is 16.3. The number of hydrogen-bond acceptors (Lipinski definition) is 4. The van der Waals surface area contributed by atoms with Gasteiger partial charge in [-0.25, -0.2) is 13.2 Å². The number of anilines is 2. The molecule has 5 nitrogen and oxygen atoms in total. The van der Waals surface area contributed by atoms with Gasteiger partial charge in [0.25, 0.3) is 6.43 Å². The molecule has 156 valence electrons. The summed E-state index contributed by atoms with van der Waals surface area (Å²) in [5.41, 5.74) is 2.93. The minimum atomic E-state index is -2.63. The molecule has 4 rings (SSSR count). The second-order valence-electron chi connectivity index (χ2n) is 7.07. The average Bonchev–Trinajstić information content (AvgIpc) is 3.38. The molecule has 1 aromatic heterocycles. The van der Waals surface area contributed by atoms with E-state index in [2.05, 4.69) is 22.1 Å². The summed E-state index contributed by atoms with van der Waals surface area (Å²) in [6.07, 6.45) is 1.18. The van der Waals surface area contributed by atoms with E-state index >= 15 is 0 Å². The molecule has 1 atom stereocenters. The second kappa shape index (κ2) is 8.14. The molecule has 0 aliphatic carbocycles. The van der Waals surface area contributed by atoms with Crippen LogP contribution in [0, 0.1) is 5.82 Å². The zero-order chi connectivity index (χ0) is 21.3. The molecule has 1 unspecified atom stereocenters. The standard InChI is InChI=1S/C22H21F3N4O/c1-13-21(28-16-7-15(23)8-18(9-16)30-2)5-6-29(13)17-3-4-19(14-11-26-27-12-14)20(10-17)22(24)25/h3-4,7-12,21-22,28H,1,5-6H2,2H3,(H,26,27). The number of rotatable bonds is 6. The molecule has 0 radical (unpaired) electrons. The average molecular weight is 414 g/mol. The van der Waals surface area contributed by atoms with Crippen LogP contribution in [0.2, 0.25) is 0 Å². The lowest BCUT2D eigenvalue weighted by Gasteiger charge is -2.24. The maximum atomic E-state index is 13.8. The maximum absolute atomic E-state index is 13.8. The lowest BCUT2D eigenvalue weighted by molar-refractivity contribution is 0.152. The summed E-state index contributed by atoms with van der Waals surface area (Å²) in [5.74, 6) is 0.00287. The third-order valence-electron chi connectivity index (χ3n) is 5.23. The van der Waals surface area contributed by atoms with Crippen LogP contribution in [0.3, 0.4) is 0 Å². The van der Waals surface area contributed by atoms with Crippen molar-refractivity contribution in [2.24, 2.45) is 0 Å². The number of aromatic nitrogens is 2. The smallest absolute Gasteiger partial charge is 0.264 e. The van der Waals surface area contributed by atoms with Crippen molar-refractivity contribution in [1.29, 1.82) is 0 Å². The topological polar surface area (TPSA) is 53.2 Å². The van der Waals surface area contributed by atoms with Gasteiger partial charge in [0.05, 0.1) is 19.3 Å². The molecule has 0 bridgehead atoms. The van der Waals surface area contributed by atoms with E-state index in [4.69, 9.17) is 4.74 Å². The number of methoxy groups -OCH3 is 1. The van der Waals surface area contributed by atoms with Gasteiger partial charge in [0.15, 0.2) is 0 Å². The van der Waals surface area contributed by atoms with Crippen molar-refractivity contribution in [1.82, 2.24) is 10.2 Å². The number of nitrogens with zero attached hydrogens (tertiary/aromatic N) is 2. The first-order valence-corrected chi connectivity index (χ1v) is 9.45. The van der Waals surface area contributed by atoms with Gasteiger partial charge in [0.2, 0.25) is 0 Å². The van der Waals surface area contributed by atoms with E-state index in [1.807, 2.05) is 4.90 Å². The lowest BCUT2D eigenvalue weighted by Crippen LogP contribution is -2.23. The van der Waals surface area contributed by atoms with Gasteiger partial charge < -0.3 is 15.0 Å². The highest BCUT2D eigenvalue weighted by molar-refractivity contribution is 5.71. The summed E-state index contributed by atoms with van der Waals surface area (Å²) in [6.45, 7) is 4.75. The van der Waals surface area contributed by atoms with E-state index in [9.17, 15) is 13.2 Å². The first-order chi connectivity index (χ1) is 14.5. The van der Waals surface area contributed by atoms with Crippen molar-refractivity contribution >= 4 is 11.4 Å². The first kappa shape index (κ1) is 19.9. The van der Waals surface area contributed by atoms with Crippen LogP contribution in [0.25, 0.3) is 11.1 Å². The minimum Gasteiger partial charge on any atom is -0.497 e. The lowest BCUT2D eigenvalue weighted by atomic mass is 10.0. The second-order valence-corrected chi connectivity index (χ2v) is 7.07. The zero-order valence-electron chi connectivity index (χ0n) is 16.3. The molecule has 1 fully saturated rings. The van der Waals surface area contributed by atoms with Gasteiger partial charge in [0.1, 0.15) is 11.6 Å². The van der Waals surface area contributed by atoms with Gasteiger partial charge in [-0.2, -0.15) is 5.10 Å². The Morgan fingerprint density at radius 2 is 2.10 bits per heavy atom. The summed E-state index contributed by atoms with van der Waals surface area (Å²) in [5, 5.41) is 9.75. The molecule has 1 aliphatic heterocycles. The Hall–Kier alpha value is -3.42. The highest BCUT2D eigenvalue weighted by atomic mass is 19.3. The van der Waals surface area contributed by atoms with E-state index in [-0.39, 0.29) is 11.6 Å². The van der Waals surface area contributed by atoms with Crippen molar-refractivity contribution in [3.8, 4) is 16.9 Å². The monoisotopic (exact) mass is 414 g/mol. The number of hydrogen-bond donors (Lipinski definition) is 2. The number of ether oxygens (including phenoxy) is 1. The molecule has 8 heteroatoms. The largest absolute Gasteiger partial charge is 0.497 e. The van der Waals surface area contributed by atoms with Gasteiger partial charge in [-0.3, -0.25) is 5.10 Å². The Bertz CT molecular complexity index is 1050. The number of benzene rings is 2. The summed E-state index contributed by atoms with van der Waals surface area (Å²) < 4.78 is 46.3. The van der Waals surface area contributed by atoms with E-state index in [0.29, 0.717) is 41.2 Å². The summed E-state index contributed by atoms with van der Waals surface area (Å²) >= 11 is 0. The van der Waals surface area contributed by atoms with E-state index in [0.717, 1.165) is 5.70 Å². The molecule has 30 heavy (non-hydrogen) atoms. The fourth-order valence-corrected chi connectivity index (χ4v) is 3.73. The van der Waals surface area contributed by atoms with Gasteiger partial charge in [-0.1, -0.05) is 12.6 Å². The van der Waals surface area contributed by atoms with Gasteiger partial charge >= 0.3 is 0 Å². The quantitative estimate of drug-likeness (QED) is 0.570. The molecule has 1 aliphatic rings. The molecule has 3 aromatic rings. The molecule has 2 aromatic carbocycles. The number of nitrogens with one attached hydrogen (secondary N) is 2. The summed E-state index contributed by atoms with van der Waals surface area (Å²) in [6, 6.07) is 9.20. The van der Waals surface area contributed by atoms with Crippen LogP contribution in [-0.4, -0.2) is 29.9 Å². The summed E-state index contributed by atoms with van der Waals surface area (Å²) in [4.78, 5) is 1.90. The van der Waals surface area contributed by atoms with Crippen LogP contribution in [0.1, 0.15) is 18.4 Å². The van der Waals surface area contributed by atoms with Gasteiger partial charge in [-0.05, 0) is 30.2 Å². The van der Waals surface area contributed by atoms with E-state index in [1.165, 1.54) is 31.5 Å². The van der Waals surface area contributed by atoms with Crippen LogP contribution in [-0.2, 0) is 0 Å². The molecule has 0 amide bonds. The molecule has 2 N–H and O–H groups in total. The van der Waals surface area contributed by atoms with Crippen LogP contribution in [0.4, 0.5) is 24.5 Å². The normalized spacial score (nSPS) is 16.4. The third-order valence-corrected chi connectivity index (χ3v) is 5.23. The van der Waals surface area contributed by atoms with Crippen LogP contribution in [0.5, 0.6) is 5.75 Å². The maximum Gasteiger partial charge on any atom is 0.264 e. The van der Waals surface area contributed by atoms with E-state index in [1.54, 1.807) is 24.4 Å². The Kier molecular flexibility index (Phi) is 5.39. The fraction of sp³-hybridized carbons (Fsp3) is 0.227. The molecule has 2 heterocycles. The Labute approximate surface area is 172 Å². The molecule has 0 spiro atoms. The predicted octanol–water partition coefficient (Wildman–Crippen LogP) is 5.37. The Morgan fingerprint density at radius 1 is 1.27 bits per heavy atom. The highest BCUT2D eigenvalue weighted by Crippen LogP contribution is 2.37. The summed E-state index contributed by atoms with van der Waals surface area (Å²) in [7, 11) is 1.47. The Morgan fingerprint density at radius 3 is 2.80 bits per heavy atom. The fourth-order valence-electron chi connectivity index (χ4n) is 3.73. The van der Waals surface area contributed by atoms with E-state index < -0.39 is 12.2 Å². The van der Waals surface area contributed by atoms with Crippen molar-refractivity contribution in [3.05, 3.63) is 72.4 Å². The number of alkyl halides is 2. The number of halogens is 3. The van der Waals surface area contributed by atoms with Crippen molar-refractivity contribution in [2.75, 3.05) is 23.9 Å². The van der Waals surface area contributed by atoms with Crippen molar-refractivity contribution < 1.29 is 17.9 Å². The third kappa shape index (κ3) is 3.85. The molecular weight excluding hydrogens is 393 g/mol. The van der Waals surface area contributed by atoms with Crippen molar-refractivity contribution in [3.63, 3.8) is 0 Å².